The van der Waals surface area contributed by atoms with Crippen LogP contribution in [0.3, 0.4) is 0 Å². The van der Waals surface area contributed by atoms with Gasteiger partial charge < -0.3 is 14.2 Å². The van der Waals surface area contributed by atoms with Gasteiger partial charge in [0.1, 0.15) is 5.75 Å². The molecule has 3 nitrogen and oxygen atoms in total. The molecule has 1 aromatic carbocycles. The third-order valence-corrected chi connectivity index (χ3v) is 3.39. The quantitative estimate of drug-likeness (QED) is 0.853. The molecule has 1 heterocycles. The number of benzene rings is 1. The fraction of sp³-hybridized carbons (Fsp3) is 0.571. The molecule has 1 aliphatic rings. The van der Waals surface area contributed by atoms with Crippen molar-refractivity contribution >= 4 is 0 Å². The third-order valence-electron chi connectivity index (χ3n) is 3.39. The second-order valence-electron chi connectivity index (χ2n) is 4.97. The van der Waals surface area contributed by atoms with Crippen LogP contribution in [0.25, 0.3) is 0 Å². The molecule has 0 spiro atoms. The van der Waals surface area contributed by atoms with Crippen LogP contribution < -0.4 is 4.74 Å². The molecular weight excluding hydrogens is 273 g/mol. The highest BCUT2D eigenvalue weighted by molar-refractivity contribution is 5.41. The lowest BCUT2D eigenvalue weighted by Gasteiger charge is -2.37. The molecule has 0 saturated carbocycles. The van der Waals surface area contributed by atoms with Crippen LogP contribution in [0.2, 0.25) is 0 Å². The second-order valence-corrected chi connectivity index (χ2v) is 4.97. The monoisotopic (exact) mass is 290 g/mol. The first kappa shape index (κ1) is 15.1. The molecule has 0 N–H and O–H groups in total. The van der Waals surface area contributed by atoms with Gasteiger partial charge in [-0.25, -0.2) is 0 Å². The van der Waals surface area contributed by atoms with Crippen LogP contribution in [-0.4, -0.2) is 33.0 Å². The molecular formula is C14H17F3O3. The van der Waals surface area contributed by atoms with Gasteiger partial charge in [-0.15, -0.1) is 0 Å². The summed E-state index contributed by atoms with van der Waals surface area (Å²) in [5.41, 5.74) is -0.650. The molecule has 0 saturated heterocycles. The summed E-state index contributed by atoms with van der Waals surface area (Å²) in [5.74, 6) is 0.264. The number of halogens is 3. The fourth-order valence-corrected chi connectivity index (χ4v) is 2.45. The van der Waals surface area contributed by atoms with E-state index >= 15 is 0 Å². The molecule has 2 rings (SSSR count). The third kappa shape index (κ3) is 3.07. The molecule has 0 atom stereocenters. The van der Waals surface area contributed by atoms with Crippen molar-refractivity contribution in [2.24, 2.45) is 0 Å². The van der Waals surface area contributed by atoms with Gasteiger partial charge >= 0.3 is 6.18 Å². The number of alkyl halides is 3. The summed E-state index contributed by atoms with van der Waals surface area (Å²) in [7, 11) is 3.06. The lowest BCUT2D eigenvalue weighted by Crippen LogP contribution is -2.47. The van der Waals surface area contributed by atoms with Gasteiger partial charge in [0.05, 0.1) is 18.8 Å². The van der Waals surface area contributed by atoms with Crippen molar-refractivity contribution in [1.82, 2.24) is 0 Å². The zero-order valence-corrected chi connectivity index (χ0v) is 11.4. The zero-order chi connectivity index (χ0) is 14.8. The van der Waals surface area contributed by atoms with Crippen LogP contribution in [0.15, 0.2) is 18.2 Å². The number of hydrogen-bond acceptors (Lipinski definition) is 3. The molecule has 6 heteroatoms. The van der Waals surface area contributed by atoms with Gasteiger partial charge in [0.2, 0.25) is 0 Å². The van der Waals surface area contributed by atoms with E-state index in [9.17, 15) is 13.2 Å². The van der Waals surface area contributed by atoms with E-state index in [-0.39, 0.29) is 19.0 Å². The number of methoxy groups -OCH3 is 2. The Kier molecular flexibility index (Phi) is 4.25. The van der Waals surface area contributed by atoms with Crippen molar-refractivity contribution in [3.63, 3.8) is 0 Å². The normalized spacial score (nSPS) is 17.4. The van der Waals surface area contributed by atoms with Gasteiger partial charge in [0, 0.05) is 14.2 Å². The van der Waals surface area contributed by atoms with Gasteiger partial charge in [-0.3, -0.25) is 0 Å². The van der Waals surface area contributed by atoms with Gasteiger partial charge in [0.25, 0.3) is 0 Å². The number of rotatable bonds is 4. The Bertz CT molecular complexity index is 465. The first-order valence-corrected chi connectivity index (χ1v) is 6.27. The number of hydrogen-bond donors (Lipinski definition) is 0. The largest absolute Gasteiger partial charge is 0.482 e. The van der Waals surface area contributed by atoms with Gasteiger partial charge in [-0.1, -0.05) is 6.07 Å². The van der Waals surface area contributed by atoms with Crippen LogP contribution in [0, 0.1) is 0 Å². The average molecular weight is 290 g/mol. The minimum Gasteiger partial charge on any atom is -0.482 e. The topological polar surface area (TPSA) is 27.7 Å². The van der Waals surface area contributed by atoms with Crippen LogP contribution in [0.5, 0.6) is 5.75 Å². The molecule has 0 aliphatic carbocycles. The SMILES string of the molecule is COCC1(COC)CCc2ccc(C(F)(F)F)cc2O1. The Morgan fingerprint density at radius 3 is 2.40 bits per heavy atom. The Morgan fingerprint density at radius 2 is 1.85 bits per heavy atom. The van der Waals surface area contributed by atoms with E-state index in [0.717, 1.165) is 17.7 Å². The Balaban J connectivity index is 2.31. The minimum absolute atomic E-state index is 0.264. The van der Waals surface area contributed by atoms with Crippen LogP contribution in [0.4, 0.5) is 13.2 Å². The molecule has 0 fully saturated rings. The van der Waals surface area contributed by atoms with Gasteiger partial charge in [-0.05, 0) is 30.5 Å². The van der Waals surface area contributed by atoms with E-state index in [1.54, 1.807) is 0 Å². The standard InChI is InChI=1S/C14H17F3O3/c1-18-8-13(9-19-2)6-5-10-3-4-11(14(15,16)17)7-12(10)20-13/h3-4,7H,5-6,8-9H2,1-2H3. The van der Waals surface area contributed by atoms with Crippen molar-refractivity contribution in [2.45, 2.75) is 24.6 Å². The van der Waals surface area contributed by atoms with Crippen molar-refractivity contribution in [3.05, 3.63) is 29.3 Å². The van der Waals surface area contributed by atoms with E-state index < -0.39 is 17.3 Å². The maximum absolute atomic E-state index is 12.7. The van der Waals surface area contributed by atoms with Gasteiger partial charge in [-0.2, -0.15) is 13.2 Å². The summed E-state index contributed by atoms with van der Waals surface area (Å²) >= 11 is 0. The Morgan fingerprint density at radius 1 is 1.20 bits per heavy atom. The second kappa shape index (κ2) is 5.61. The molecule has 20 heavy (non-hydrogen) atoms. The summed E-state index contributed by atoms with van der Waals surface area (Å²) in [4.78, 5) is 0. The summed E-state index contributed by atoms with van der Waals surface area (Å²) in [6.45, 7) is 0.549. The molecule has 0 aromatic heterocycles. The highest BCUT2D eigenvalue weighted by atomic mass is 19.4. The molecule has 1 aromatic rings. The fourth-order valence-electron chi connectivity index (χ4n) is 2.45. The van der Waals surface area contributed by atoms with Crippen LogP contribution in [-0.2, 0) is 22.1 Å². The van der Waals surface area contributed by atoms with E-state index in [1.807, 2.05) is 0 Å². The smallest absolute Gasteiger partial charge is 0.416 e. The predicted molar refractivity (Wildman–Crippen MR) is 66.9 cm³/mol. The number of aryl methyl sites for hydroxylation is 1. The first-order chi connectivity index (χ1) is 9.40. The molecule has 0 unspecified atom stereocenters. The molecule has 0 amide bonds. The summed E-state index contributed by atoms with van der Waals surface area (Å²) in [5, 5.41) is 0. The van der Waals surface area contributed by atoms with E-state index in [1.165, 1.54) is 20.3 Å². The van der Waals surface area contributed by atoms with E-state index in [0.29, 0.717) is 12.8 Å². The summed E-state index contributed by atoms with van der Waals surface area (Å²) < 4.78 is 54.3. The van der Waals surface area contributed by atoms with Crippen molar-refractivity contribution in [2.75, 3.05) is 27.4 Å². The van der Waals surface area contributed by atoms with Crippen molar-refractivity contribution in [3.8, 4) is 5.75 Å². The highest BCUT2D eigenvalue weighted by Crippen LogP contribution is 2.38. The number of fused-ring (bicyclic) bond motifs is 1. The molecule has 1 aliphatic heterocycles. The zero-order valence-electron chi connectivity index (χ0n) is 11.4. The predicted octanol–water partition coefficient (Wildman–Crippen LogP) is 3.06. The van der Waals surface area contributed by atoms with E-state index in [2.05, 4.69) is 0 Å². The lowest BCUT2D eigenvalue weighted by molar-refractivity contribution is -0.138. The number of ether oxygens (including phenoxy) is 3. The van der Waals surface area contributed by atoms with Crippen LogP contribution in [0.1, 0.15) is 17.5 Å². The lowest BCUT2D eigenvalue weighted by atomic mass is 9.91. The first-order valence-electron chi connectivity index (χ1n) is 6.27. The minimum atomic E-state index is -4.37. The van der Waals surface area contributed by atoms with Crippen LogP contribution >= 0.6 is 0 Å². The maximum Gasteiger partial charge on any atom is 0.416 e. The van der Waals surface area contributed by atoms with Crippen molar-refractivity contribution in [1.29, 1.82) is 0 Å². The Labute approximate surface area is 115 Å². The average Bonchev–Trinajstić information content (AvgIpc) is 2.37. The maximum atomic E-state index is 12.7. The van der Waals surface area contributed by atoms with Crippen molar-refractivity contribution < 1.29 is 27.4 Å². The van der Waals surface area contributed by atoms with Gasteiger partial charge in [0.15, 0.2) is 5.60 Å². The Hall–Kier alpha value is -1.27. The highest BCUT2D eigenvalue weighted by Gasteiger charge is 2.38. The summed E-state index contributed by atoms with van der Waals surface area (Å²) in [6.07, 6.45) is -3.09. The molecule has 0 bridgehead atoms. The van der Waals surface area contributed by atoms with E-state index in [4.69, 9.17) is 14.2 Å². The summed E-state index contributed by atoms with van der Waals surface area (Å²) in [6, 6.07) is 3.61. The molecule has 112 valence electrons. The molecule has 0 radical (unpaired) electrons.